The Bertz CT molecular complexity index is 1940. The molecular formula is C81H158O17P2. The molecule has 0 spiro atoms. The highest BCUT2D eigenvalue weighted by atomic mass is 31.2. The fourth-order valence-electron chi connectivity index (χ4n) is 12.5. The van der Waals surface area contributed by atoms with Gasteiger partial charge in [-0.1, -0.05) is 370 Å². The maximum absolute atomic E-state index is 13.1. The van der Waals surface area contributed by atoms with Crippen molar-refractivity contribution in [1.29, 1.82) is 0 Å². The number of aliphatic hydroxyl groups is 1. The van der Waals surface area contributed by atoms with Crippen LogP contribution in [0.3, 0.4) is 0 Å². The van der Waals surface area contributed by atoms with E-state index in [-0.39, 0.29) is 25.7 Å². The van der Waals surface area contributed by atoms with Gasteiger partial charge in [0.15, 0.2) is 12.2 Å². The minimum atomic E-state index is -4.96. The van der Waals surface area contributed by atoms with E-state index in [1.807, 2.05) is 0 Å². The molecule has 0 heterocycles. The molecule has 0 aromatic rings. The number of unbranched alkanes of at least 4 members (excludes halogenated alkanes) is 46. The standard InChI is InChI=1S/C81H158O17P2/c1-8-10-11-12-13-14-15-16-17-23-26-29-34-41-48-55-62-78(83)91-68-76(97-80(85)64-57-50-42-35-30-27-24-21-19-18-20-22-25-28-33-40-47-54-61-74(7)9-2)70-95-99(87,88)93-66-75(82)67-94-100(89,90)96-71-77(69-92-79(84)63-56-49-44-37-39-46-53-60-73(5)6)98-81(86)65-58-51-43-36-31-32-38-45-52-59-72(3)4/h72-77,82H,8-71H2,1-7H3,(H,87,88)(H,89,90)/t74?,75-,76-,77-/m1/s1. The van der Waals surface area contributed by atoms with E-state index in [0.717, 1.165) is 108 Å². The number of ether oxygens (including phenoxy) is 4. The Morgan fingerprint density at radius 3 is 0.760 bits per heavy atom. The van der Waals surface area contributed by atoms with Crippen molar-refractivity contribution in [2.75, 3.05) is 39.6 Å². The van der Waals surface area contributed by atoms with Gasteiger partial charge in [0, 0.05) is 25.7 Å². The van der Waals surface area contributed by atoms with Gasteiger partial charge in [-0.05, 0) is 43.4 Å². The zero-order valence-corrected chi connectivity index (χ0v) is 67.5. The normalized spacial score (nSPS) is 14.2. The zero-order valence-electron chi connectivity index (χ0n) is 65.7. The van der Waals surface area contributed by atoms with Crippen LogP contribution in [0.5, 0.6) is 0 Å². The number of rotatable bonds is 79. The van der Waals surface area contributed by atoms with Gasteiger partial charge >= 0.3 is 39.5 Å². The van der Waals surface area contributed by atoms with E-state index in [1.54, 1.807) is 0 Å². The molecule has 3 unspecified atom stereocenters. The summed E-state index contributed by atoms with van der Waals surface area (Å²) in [6, 6.07) is 0. The van der Waals surface area contributed by atoms with Crippen molar-refractivity contribution in [2.24, 2.45) is 17.8 Å². The number of carbonyl (C=O) groups is 4. The van der Waals surface area contributed by atoms with Crippen LogP contribution in [0.1, 0.15) is 421 Å². The van der Waals surface area contributed by atoms with Crippen LogP contribution in [0, 0.1) is 17.8 Å². The highest BCUT2D eigenvalue weighted by molar-refractivity contribution is 7.47. The molecule has 0 aliphatic carbocycles. The fourth-order valence-corrected chi connectivity index (χ4v) is 14.0. The third-order valence-corrected chi connectivity index (χ3v) is 21.1. The van der Waals surface area contributed by atoms with Gasteiger partial charge in [0.05, 0.1) is 26.4 Å². The van der Waals surface area contributed by atoms with Crippen LogP contribution in [0.2, 0.25) is 0 Å². The summed E-state index contributed by atoms with van der Waals surface area (Å²) in [5.41, 5.74) is 0. The molecule has 0 fully saturated rings. The Kier molecular flexibility index (Phi) is 69.9. The number of esters is 4. The van der Waals surface area contributed by atoms with E-state index < -0.39 is 97.5 Å². The molecule has 0 bridgehead atoms. The smallest absolute Gasteiger partial charge is 0.462 e. The fraction of sp³-hybridized carbons (Fsp3) is 0.951. The zero-order chi connectivity index (χ0) is 73.7. The van der Waals surface area contributed by atoms with Gasteiger partial charge in [-0.15, -0.1) is 0 Å². The lowest BCUT2D eigenvalue weighted by Gasteiger charge is -2.21. The number of hydrogen-bond donors (Lipinski definition) is 3. The molecular weight excluding hydrogens is 1310 g/mol. The number of aliphatic hydroxyl groups excluding tert-OH is 1. The average Bonchev–Trinajstić information content (AvgIpc) is 0.925. The topological polar surface area (TPSA) is 237 Å². The molecule has 17 nitrogen and oxygen atoms in total. The van der Waals surface area contributed by atoms with Gasteiger partial charge in [-0.2, -0.15) is 0 Å². The summed E-state index contributed by atoms with van der Waals surface area (Å²) in [6.45, 7) is 11.9. The van der Waals surface area contributed by atoms with Crippen molar-refractivity contribution in [3.05, 3.63) is 0 Å². The van der Waals surface area contributed by atoms with Crippen LogP contribution in [-0.4, -0.2) is 96.7 Å². The van der Waals surface area contributed by atoms with Crippen LogP contribution in [0.4, 0.5) is 0 Å². The molecule has 0 radical (unpaired) electrons. The van der Waals surface area contributed by atoms with E-state index in [9.17, 15) is 43.2 Å². The SMILES string of the molecule is CCCCCCCCCCCCCCCCCCC(=O)OC[C@H](COP(=O)(O)OC[C@@H](O)COP(=O)(O)OC[C@@H](COC(=O)CCCCCCCCCC(C)C)OC(=O)CCCCCCCCCCCC(C)C)OC(=O)CCCCCCCCCCCCCCCCCCCCC(C)CC. The number of hydrogen-bond acceptors (Lipinski definition) is 15. The lowest BCUT2D eigenvalue weighted by atomic mass is 9.99. The number of carbonyl (C=O) groups excluding carboxylic acids is 4. The number of phosphoric ester groups is 2. The van der Waals surface area contributed by atoms with E-state index in [0.29, 0.717) is 31.6 Å². The van der Waals surface area contributed by atoms with Gasteiger partial charge in [0.2, 0.25) is 0 Å². The summed E-state index contributed by atoms with van der Waals surface area (Å²) >= 11 is 0. The van der Waals surface area contributed by atoms with Crippen LogP contribution in [0.25, 0.3) is 0 Å². The van der Waals surface area contributed by atoms with Crippen molar-refractivity contribution in [2.45, 2.75) is 439 Å². The van der Waals surface area contributed by atoms with E-state index in [4.69, 9.17) is 37.0 Å². The Balaban J connectivity index is 5.21. The summed E-state index contributed by atoms with van der Waals surface area (Å²) in [5.74, 6) is 0.199. The second-order valence-corrected chi connectivity index (χ2v) is 33.3. The minimum Gasteiger partial charge on any atom is -0.462 e. The Hall–Kier alpha value is -1.94. The molecule has 6 atom stereocenters. The predicted octanol–water partition coefficient (Wildman–Crippen LogP) is 24.1. The molecule has 594 valence electrons. The Morgan fingerprint density at radius 2 is 0.510 bits per heavy atom. The Morgan fingerprint density at radius 1 is 0.290 bits per heavy atom. The summed E-state index contributed by atoms with van der Waals surface area (Å²) in [6.07, 6.45) is 59.8. The highest BCUT2D eigenvalue weighted by Crippen LogP contribution is 2.45. The van der Waals surface area contributed by atoms with Crippen molar-refractivity contribution < 1.29 is 80.2 Å². The first-order chi connectivity index (χ1) is 48.3. The van der Waals surface area contributed by atoms with Gasteiger partial charge in [0.25, 0.3) is 0 Å². The molecule has 0 aromatic carbocycles. The minimum absolute atomic E-state index is 0.105. The summed E-state index contributed by atoms with van der Waals surface area (Å²) in [4.78, 5) is 73.0. The molecule has 0 aromatic heterocycles. The summed E-state index contributed by atoms with van der Waals surface area (Å²) < 4.78 is 68.7. The second-order valence-electron chi connectivity index (χ2n) is 30.4. The molecule has 0 amide bonds. The molecule has 0 aliphatic rings. The van der Waals surface area contributed by atoms with E-state index >= 15 is 0 Å². The van der Waals surface area contributed by atoms with Crippen LogP contribution >= 0.6 is 15.6 Å². The molecule has 0 aliphatic heterocycles. The first-order valence-corrected chi connectivity index (χ1v) is 44.9. The largest absolute Gasteiger partial charge is 0.472 e. The predicted molar refractivity (Wildman–Crippen MR) is 409 cm³/mol. The van der Waals surface area contributed by atoms with Crippen LogP contribution in [-0.2, 0) is 65.4 Å². The van der Waals surface area contributed by atoms with E-state index in [2.05, 4.69) is 48.5 Å². The van der Waals surface area contributed by atoms with Crippen LogP contribution < -0.4 is 0 Å². The van der Waals surface area contributed by atoms with Gasteiger partial charge < -0.3 is 33.8 Å². The quantitative estimate of drug-likeness (QED) is 0.0222. The van der Waals surface area contributed by atoms with Gasteiger partial charge in [0.1, 0.15) is 19.3 Å². The molecule has 100 heavy (non-hydrogen) atoms. The van der Waals surface area contributed by atoms with Crippen LogP contribution in [0.15, 0.2) is 0 Å². The van der Waals surface area contributed by atoms with Crippen molar-refractivity contribution >= 4 is 39.5 Å². The molecule has 0 saturated carbocycles. The van der Waals surface area contributed by atoms with E-state index in [1.165, 1.54) is 225 Å². The first kappa shape index (κ1) is 98.1. The lowest BCUT2D eigenvalue weighted by Crippen LogP contribution is -2.30. The van der Waals surface area contributed by atoms with Gasteiger partial charge in [-0.25, -0.2) is 9.13 Å². The summed E-state index contributed by atoms with van der Waals surface area (Å²) in [7, 11) is -9.92. The number of phosphoric acid groups is 2. The Labute approximate surface area is 613 Å². The molecule has 3 N–H and O–H groups in total. The molecule has 0 rings (SSSR count). The molecule has 0 saturated heterocycles. The lowest BCUT2D eigenvalue weighted by molar-refractivity contribution is -0.161. The van der Waals surface area contributed by atoms with Crippen molar-refractivity contribution in [3.8, 4) is 0 Å². The highest BCUT2D eigenvalue weighted by Gasteiger charge is 2.30. The maximum atomic E-state index is 13.1. The molecule has 19 heteroatoms. The van der Waals surface area contributed by atoms with Crippen molar-refractivity contribution in [1.82, 2.24) is 0 Å². The average molecular weight is 1470 g/mol. The van der Waals surface area contributed by atoms with Gasteiger partial charge in [-0.3, -0.25) is 37.3 Å². The second kappa shape index (κ2) is 71.3. The third kappa shape index (κ3) is 73.0. The van der Waals surface area contributed by atoms with Crippen molar-refractivity contribution in [3.63, 3.8) is 0 Å². The summed E-state index contributed by atoms with van der Waals surface area (Å²) in [5, 5.41) is 10.6. The monoisotopic (exact) mass is 1470 g/mol. The third-order valence-electron chi connectivity index (χ3n) is 19.2. The maximum Gasteiger partial charge on any atom is 0.472 e. The first-order valence-electron chi connectivity index (χ1n) is 41.9.